The second kappa shape index (κ2) is 7.83. The van der Waals surface area contributed by atoms with Crippen LogP contribution >= 0.6 is 11.8 Å². The third-order valence-electron chi connectivity index (χ3n) is 4.39. The molecule has 2 atom stereocenters. The summed E-state index contributed by atoms with van der Waals surface area (Å²) in [6.07, 6.45) is 0. The minimum atomic E-state index is -0.528. The van der Waals surface area contributed by atoms with Crippen LogP contribution in [0.15, 0.2) is 48.5 Å². The molecule has 2 unspecified atom stereocenters. The van der Waals surface area contributed by atoms with Crippen LogP contribution in [0.4, 0.5) is 0 Å². The number of amidine groups is 1. The minimum absolute atomic E-state index is 0.0303. The lowest BCUT2D eigenvalue weighted by molar-refractivity contribution is 0.0892. The van der Waals surface area contributed by atoms with E-state index in [1.54, 1.807) is 38.5 Å². The number of rotatable bonds is 6. The summed E-state index contributed by atoms with van der Waals surface area (Å²) in [5.41, 5.74) is 1.45. The highest BCUT2D eigenvalue weighted by molar-refractivity contribution is 8.14. The zero-order chi connectivity index (χ0) is 18.7. The van der Waals surface area contributed by atoms with Crippen molar-refractivity contribution in [1.82, 2.24) is 4.90 Å². The number of nitrogens with one attached hydrogen (secondary N) is 1. The molecule has 5 nitrogen and oxygen atoms in total. The quantitative estimate of drug-likeness (QED) is 0.779. The van der Waals surface area contributed by atoms with E-state index in [2.05, 4.69) is 6.92 Å². The Morgan fingerprint density at radius 2 is 1.62 bits per heavy atom. The van der Waals surface area contributed by atoms with Crippen molar-refractivity contribution in [2.24, 2.45) is 0 Å². The predicted octanol–water partition coefficient (Wildman–Crippen LogP) is 4.00. The van der Waals surface area contributed by atoms with Crippen LogP contribution in [-0.4, -0.2) is 41.9 Å². The molecule has 2 aromatic rings. The van der Waals surface area contributed by atoms with E-state index in [0.717, 1.165) is 11.3 Å². The van der Waals surface area contributed by atoms with E-state index in [-0.39, 0.29) is 11.0 Å². The third kappa shape index (κ3) is 3.70. The molecule has 3 rings (SSSR count). The van der Waals surface area contributed by atoms with Gasteiger partial charge in [-0.15, -0.1) is 0 Å². The molecule has 26 heavy (non-hydrogen) atoms. The lowest BCUT2D eigenvalue weighted by Gasteiger charge is -2.28. The first-order chi connectivity index (χ1) is 12.5. The highest BCUT2D eigenvalue weighted by Crippen LogP contribution is 2.35. The lowest BCUT2D eigenvalue weighted by Crippen LogP contribution is -2.35. The van der Waals surface area contributed by atoms with Crippen LogP contribution in [0.3, 0.4) is 0 Å². The summed E-state index contributed by atoms with van der Waals surface area (Å²) in [5.74, 6) is 1.42. The van der Waals surface area contributed by atoms with Crippen molar-refractivity contribution in [2.45, 2.75) is 18.2 Å². The molecule has 1 aliphatic heterocycles. The molecular weight excluding hydrogens is 348 g/mol. The van der Waals surface area contributed by atoms with Crippen LogP contribution in [-0.2, 0) is 0 Å². The van der Waals surface area contributed by atoms with E-state index in [1.807, 2.05) is 29.2 Å². The van der Waals surface area contributed by atoms with E-state index >= 15 is 0 Å². The van der Waals surface area contributed by atoms with Gasteiger partial charge in [0.25, 0.3) is 0 Å². The van der Waals surface area contributed by atoms with Gasteiger partial charge in [0, 0.05) is 17.4 Å². The molecule has 0 spiro atoms. The highest BCUT2D eigenvalue weighted by atomic mass is 32.2. The van der Waals surface area contributed by atoms with E-state index in [1.165, 1.54) is 11.8 Å². The van der Waals surface area contributed by atoms with Crippen molar-refractivity contribution < 1.29 is 14.3 Å². The van der Waals surface area contributed by atoms with Crippen molar-refractivity contribution in [3.63, 3.8) is 0 Å². The van der Waals surface area contributed by atoms with Gasteiger partial charge >= 0.3 is 0 Å². The standard InChI is InChI=1S/C20H22N2O3S/c1-13-12-22(20(21)26-13)18(14-4-8-16(24-2)9-5-14)19(23)15-6-10-17(25-3)11-7-15/h4-11,13,18,21H,12H2,1-3H3. The smallest absolute Gasteiger partial charge is 0.189 e. The number of thioether (sulfide) groups is 1. The van der Waals surface area contributed by atoms with Gasteiger partial charge in [0.2, 0.25) is 0 Å². The maximum absolute atomic E-state index is 13.3. The molecule has 1 fully saturated rings. The molecule has 0 aromatic heterocycles. The molecule has 1 saturated heterocycles. The first-order valence-corrected chi connectivity index (χ1v) is 9.25. The van der Waals surface area contributed by atoms with E-state index in [4.69, 9.17) is 14.9 Å². The van der Waals surface area contributed by atoms with Gasteiger partial charge in [0.05, 0.1) is 14.2 Å². The topological polar surface area (TPSA) is 62.6 Å². The van der Waals surface area contributed by atoms with Gasteiger partial charge in [0.15, 0.2) is 11.0 Å². The molecule has 1 aliphatic rings. The Bertz CT molecular complexity index is 790. The van der Waals surface area contributed by atoms with E-state index in [0.29, 0.717) is 23.0 Å². The number of hydrogen-bond donors (Lipinski definition) is 1. The van der Waals surface area contributed by atoms with Gasteiger partial charge in [-0.3, -0.25) is 10.2 Å². The van der Waals surface area contributed by atoms with Gasteiger partial charge < -0.3 is 14.4 Å². The fourth-order valence-corrected chi connectivity index (χ4v) is 3.98. The van der Waals surface area contributed by atoms with Crippen LogP contribution in [0.25, 0.3) is 0 Å². The number of hydrogen-bond acceptors (Lipinski definition) is 5. The molecule has 2 aromatic carbocycles. The van der Waals surface area contributed by atoms with E-state index in [9.17, 15) is 4.79 Å². The lowest BCUT2D eigenvalue weighted by atomic mass is 9.95. The molecular formula is C20H22N2O3S. The summed E-state index contributed by atoms with van der Waals surface area (Å²) >= 11 is 1.49. The summed E-state index contributed by atoms with van der Waals surface area (Å²) in [6.45, 7) is 2.74. The Hall–Kier alpha value is -2.47. The Balaban J connectivity index is 1.98. The summed E-state index contributed by atoms with van der Waals surface area (Å²) in [7, 11) is 3.21. The fourth-order valence-electron chi connectivity index (χ4n) is 3.05. The largest absolute Gasteiger partial charge is 0.497 e. The van der Waals surface area contributed by atoms with Crippen molar-refractivity contribution in [3.05, 3.63) is 59.7 Å². The Labute approximate surface area is 157 Å². The second-order valence-corrected chi connectivity index (χ2v) is 7.58. The van der Waals surface area contributed by atoms with Gasteiger partial charge in [-0.25, -0.2) is 0 Å². The summed E-state index contributed by atoms with van der Waals surface area (Å²) in [6, 6.07) is 14.1. The highest BCUT2D eigenvalue weighted by Gasteiger charge is 2.36. The fraction of sp³-hybridized carbons (Fsp3) is 0.300. The Morgan fingerprint density at radius 3 is 2.08 bits per heavy atom. The molecule has 0 bridgehead atoms. The number of methoxy groups -OCH3 is 2. The Morgan fingerprint density at radius 1 is 1.08 bits per heavy atom. The number of ketones is 1. The SMILES string of the molecule is COc1ccc(C(=O)C(c2ccc(OC)cc2)N2CC(C)SC2=N)cc1. The molecule has 0 saturated carbocycles. The number of Topliss-reactive ketones (excluding diaryl/α,β-unsaturated/α-hetero) is 1. The number of ether oxygens (including phenoxy) is 2. The molecule has 0 aliphatic carbocycles. The monoisotopic (exact) mass is 370 g/mol. The minimum Gasteiger partial charge on any atom is -0.497 e. The second-order valence-electron chi connectivity index (χ2n) is 6.15. The zero-order valence-corrected chi connectivity index (χ0v) is 15.9. The summed E-state index contributed by atoms with van der Waals surface area (Å²) in [5, 5.41) is 9.02. The molecule has 136 valence electrons. The van der Waals surface area contributed by atoms with Gasteiger partial charge in [-0.1, -0.05) is 30.8 Å². The van der Waals surface area contributed by atoms with Crippen LogP contribution in [0, 0.1) is 5.41 Å². The third-order valence-corrected chi connectivity index (χ3v) is 5.40. The van der Waals surface area contributed by atoms with Crippen LogP contribution in [0.2, 0.25) is 0 Å². The normalized spacial score (nSPS) is 17.9. The van der Waals surface area contributed by atoms with Gasteiger partial charge in [0.1, 0.15) is 17.5 Å². The van der Waals surface area contributed by atoms with Crippen LogP contribution < -0.4 is 9.47 Å². The molecule has 1 heterocycles. The average molecular weight is 370 g/mol. The number of carbonyl (C=O) groups excluding carboxylic acids is 1. The van der Waals surface area contributed by atoms with Crippen molar-refractivity contribution in [2.75, 3.05) is 20.8 Å². The number of carbonyl (C=O) groups is 1. The van der Waals surface area contributed by atoms with Crippen LogP contribution in [0.5, 0.6) is 11.5 Å². The first kappa shape index (κ1) is 18.3. The first-order valence-electron chi connectivity index (χ1n) is 8.37. The van der Waals surface area contributed by atoms with Gasteiger partial charge in [-0.05, 0) is 42.0 Å². The summed E-state index contributed by atoms with van der Waals surface area (Å²) < 4.78 is 10.4. The molecule has 1 N–H and O–H groups in total. The predicted molar refractivity (Wildman–Crippen MR) is 105 cm³/mol. The molecule has 0 amide bonds. The zero-order valence-electron chi connectivity index (χ0n) is 15.1. The van der Waals surface area contributed by atoms with Gasteiger partial charge in [-0.2, -0.15) is 0 Å². The summed E-state index contributed by atoms with van der Waals surface area (Å²) in [4.78, 5) is 15.2. The number of nitrogens with zero attached hydrogens (tertiary/aromatic N) is 1. The van der Waals surface area contributed by atoms with Crippen molar-refractivity contribution in [1.29, 1.82) is 5.41 Å². The molecule has 0 radical (unpaired) electrons. The maximum Gasteiger partial charge on any atom is 0.189 e. The van der Waals surface area contributed by atoms with Crippen LogP contribution in [0.1, 0.15) is 28.9 Å². The number of benzene rings is 2. The van der Waals surface area contributed by atoms with Crippen molar-refractivity contribution >= 4 is 22.7 Å². The van der Waals surface area contributed by atoms with Crippen molar-refractivity contribution in [3.8, 4) is 11.5 Å². The maximum atomic E-state index is 13.3. The Kier molecular flexibility index (Phi) is 5.52. The van der Waals surface area contributed by atoms with E-state index < -0.39 is 6.04 Å². The average Bonchev–Trinajstić information content (AvgIpc) is 3.00. The molecule has 6 heteroatoms.